The fraction of sp³-hybridized carbons (Fsp3) is 0.533. The molecule has 0 radical (unpaired) electrons. The largest absolute Gasteiger partial charge is 0.465 e. The highest BCUT2D eigenvalue weighted by molar-refractivity contribution is 5.89. The topological polar surface area (TPSA) is 41.6 Å². The van der Waals surface area contributed by atoms with Crippen LogP contribution in [0.25, 0.3) is 0 Å². The van der Waals surface area contributed by atoms with Gasteiger partial charge in [0.05, 0.1) is 12.7 Å². The molecule has 2 fully saturated rings. The third-order valence-corrected chi connectivity index (χ3v) is 4.25. The zero-order chi connectivity index (χ0) is 13.2. The summed E-state index contributed by atoms with van der Waals surface area (Å²) in [5.74, 6) is 1.39. The average Bonchev–Trinajstić information content (AvgIpc) is 2.99. The van der Waals surface area contributed by atoms with Crippen molar-refractivity contribution in [3.8, 4) is 0 Å². The molecule has 0 aromatic heterocycles. The first-order valence-corrected chi connectivity index (χ1v) is 6.86. The Morgan fingerprint density at radius 3 is 2.47 bits per heavy atom. The molecular formula is C15H20N2O2. The van der Waals surface area contributed by atoms with Gasteiger partial charge in [0.25, 0.3) is 0 Å². The minimum Gasteiger partial charge on any atom is -0.465 e. The standard InChI is InChI=1S/C15H20N2O2/c1-19-15(18)12-4-2-11(3-5-12)8-17-9-13-6-16-7-14(13)10-17/h2-5,13-14,16H,6-10H2,1H3/t13-,14+. The second-order valence-corrected chi connectivity index (χ2v) is 5.56. The van der Waals surface area contributed by atoms with Crippen LogP contribution < -0.4 is 5.32 Å². The Morgan fingerprint density at radius 2 is 1.89 bits per heavy atom. The highest BCUT2D eigenvalue weighted by Crippen LogP contribution is 2.27. The molecule has 0 amide bonds. The molecule has 0 bridgehead atoms. The number of nitrogens with zero attached hydrogens (tertiary/aromatic N) is 1. The van der Waals surface area contributed by atoms with Crippen molar-refractivity contribution in [3.63, 3.8) is 0 Å². The van der Waals surface area contributed by atoms with Crippen LogP contribution in [0.1, 0.15) is 15.9 Å². The SMILES string of the molecule is COC(=O)c1ccc(CN2C[C@H]3CNC[C@H]3C2)cc1. The fourth-order valence-corrected chi connectivity index (χ4v) is 3.20. The first-order chi connectivity index (χ1) is 9.26. The summed E-state index contributed by atoms with van der Waals surface area (Å²) in [5, 5.41) is 3.46. The van der Waals surface area contributed by atoms with Crippen LogP contribution in [0.3, 0.4) is 0 Å². The molecule has 2 heterocycles. The smallest absolute Gasteiger partial charge is 0.337 e. The number of rotatable bonds is 3. The van der Waals surface area contributed by atoms with Crippen LogP contribution in [-0.4, -0.2) is 44.2 Å². The molecule has 0 aliphatic carbocycles. The number of nitrogens with one attached hydrogen (secondary N) is 1. The van der Waals surface area contributed by atoms with E-state index in [1.165, 1.54) is 38.9 Å². The average molecular weight is 260 g/mol. The van der Waals surface area contributed by atoms with Crippen LogP contribution in [0, 0.1) is 11.8 Å². The number of fused-ring (bicyclic) bond motifs is 1. The van der Waals surface area contributed by atoms with Gasteiger partial charge < -0.3 is 10.1 Å². The first-order valence-electron chi connectivity index (χ1n) is 6.86. The van der Waals surface area contributed by atoms with E-state index in [2.05, 4.69) is 10.2 Å². The number of methoxy groups -OCH3 is 1. The predicted molar refractivity (Wildman–Crippen MR) is 72.9 cm³/mol. The lowest BCUT2D eigenvalue weighted by molar-refractivity contribution is 0.0600. The molecule has 2 aliphatic rings. The van der Waals surface area contributed by atoms with E-state index in [0.717, 1.165) is 18.4 Å². The number of hydrogen-bond donors (Lipinski definition) is 1. The summed E-state index contributed by atoms with van der Waals surface area (Å²) in [4.78, 5) is 13.9. The van der Waals surface area contributed by atoms with Crippen molar-refractivity contribution in [1.82, 2.24) is 10.2 Å². The highest BCUT2D eigenvalue weighted by atomic mass is 16.5. The van der Waals surface area contributed by atoms with Gasteiger partial charge in [-0.05, 0) is 42.6 Å². The summed E-state index contributed by atoms with van der Waals surface area (Å²) in [5.41, 5.74) is 1.88. The molecule has 4 heteroatoms. The molecule has 4 nitrogen and oxygen atoms in total. The van der Waals surface area contributed by atoms with Gasteiger partial charge in [0.2, 0.25) is 0 Å². The van der Waals surface area contributed by atoms with E-state index < -0.39 is 0 Å². The van der Waals surface area contributed by atoms with Gasteiger partial charge in [-0.25, -0.2) is 4.79 Å². The molecule has 2 atom stereocenters. The van der Waals surface area contributed by atoms with Crippen molar-refractivity contribution >= 4 is 5.97 Å². The second kappa shape index (κ2) is 5.31. The molecule has 3 rings (SSSR count). The Morgan fingerprint density at radius 1 is 1.26 bits per heavy atom. The van der Waals surface area contributed by atoms with Gasteiger partial charge in [0.1, 0.15) is 0 Å². The number of carbonyl (C=O) groups is 1. The van der Waals surface area contributed by atoms with Crippen molar-refractivity contribution < 1.29 is 9.53 Å². The monoisotopic (exact) mass is 260 g/mol. The van der Waals surface area contributed by atoms with Crippen molar-refractivity contribution in [2.75, 3.05) is 33.3 Å². The molecule has 0 spiro atoms. The van der Waals surface area contributed by atoms with Crippen LogP contribution >= 0.6 is 0 Å². The minimum atomic E-state index is -0.270. The molecular weight excluding hydrogens is 240 g/mol. The molecule has 19 heavy (non-hydrogen) atoms. The first kappa shape index (κ1) is 12.6. The lowest BCUT2D eigenvalue weighted by Gasteiger charge is -2.17. The van der Waals surface area contributed by atoms with Gasteiger partial charge in [-0.1, -0.05) is 12.1 Å². The van der Waals surface area contributed by atoms with Gasteiger partial charge >= 0.3 is 5.97 Å². The summed E-state index contributed by atoms with van der Waals surface area (Å²) < 4.78 is 4.70. The fourth-order valence-electron chi connectivity index (χ4n) is 3.20. The Bertz CT molecular complexity index is 446. The highest BCUT2D eigenvalue weighted by Gasteiger charge is 2.35. The van der Waals surface area contributed by atoms with Crippen molar-refractivity contribution in [2.45, 2.75) is 6.54 Å². The summed E-state index contributed by atoms with van der Waals surface area (Å²) in [6.07, 6.45) is 0. The molecule has 0 unspecified atom stereocenters. The number of likely N-dealkylation sites (tertiary alicyclic amines) is 1. The number of esters is 1. The lowest BCUT2D eigenvalue weighted by atomic mass is 10.0. The number of carbonyl (C=O) groups excluding carboxylic acids is 1. The van der Waals surface area contributed by atoms with Crippen LogP contribution in [0.5, 0.6) is 0 Å². The Hall–Kier alpha value is -1.39. The van der Waals surface area contributed by atoms with Gasteiger partial charge in [0, 0.05) is 19.6 Å². The summed E-state index contributed by atoms with van der Waals surface area (Å²) in [7, 11) is 1.41. The maximum Gasteiger partial charge on any atom is 0.337 e. The second-order valence-electron chi connectivity index (χ2n) is 5.56. The normalized spacial score (nSPS) is 26.4. The zero-order valence-electron chi connectivity index (χ0n) is 11.3. The lowest BCUT2D eigenvalue weighted by Crippen LogP contribution is -2.25. The van der Waals surface area contributed by atoms with Gasteiger partial charge in [-0.2, -0.15) is 0 Å². The third kappa shape index (κ3) is 2.65. The van der Waals surface area contributed by atoms with Crippen molar-refractivity contribution in [1.29, 1.82) is 0 Å². The minimum absolute atomic E-state index is 0.270. The molecule has 1 N–H and O–H groups in total. The van der Waals surface area contributed by atoms with E-state index in [1.54, 1.807) is 0 Å². The van der Waals surface area contributed by atoms with E-state index in [-0.39, 0.29) is 5.97 Å². The van der Waals surface area contributed by atoms with Crippen molar-refractivity contribution in [3.05, 3.63) is 35.4 Å². The van der Waals surface area contributed by atoms with E-state index >= 15 is 0 Å². The Balaban J connectivity index is 1.60. The summed E-state index contributed by atoms with van der Waals surface area (Å²) >= 11 is 0. The Kier molecular flexibility index (Phi) is 3.53. The molecule has 102 valence electrons. The van der Waals surface area contributed by atoms with Crippen LogP contribution in [0.15, 0.2) is 24.3 Å². The number of benzene rings is 1. The van der Waals surface area contributed by atoms with Crippen LogP contribution in [-0.2, 0) is 11.3 Å². The molecule has 2 aliphatic heterocycles. The summed E-state index contributed by atoms with van der Waals surface area (Å²) in [6, 6.07) is 7.75. The molecule has 0 saturated carbocycles. The van der Waals surface area contributed by atoms with Crippen molar-refractivity contribution in [2.24, 2.45) is 11.8 Å². The zero-order valence-corrected chi connectivity index (χ0v) is 11.3. The summed E-state index contributed by atoms with van der Waals surface area (Å²) in [6.45, 7) is 5.70. The number of ether oxygens (including phenoxy) is 1. The van der Waals surface area contributed by atoms with Gasteiger partial charge in [0.15, 0.2) is 0 Å². The van der Waals surface area contributed by atoms with E-state index in [0.29, 0.717) is 5.56 Å². The van der Waals surface area contributed by atoms with Crippen LogP contribution in [0.2, 0.25) is 0 Å². The molecule has 2 saturated heterocycles. The quantitative estimate of drug-likeness (QED) is 0.827. The van der Waals surface area contributed by atoms with Gasteiger partial charge in [-0.3, -0.25) is 4.90 Å². The predicted octanol–water partition coefficient (Wildman–Crippen LogP) is 1.12. The molecule has 1 aromatic rings. The third-order valence-electron chi connectivity index (χ3n) is 4.25. The maximum absolute atomic E-state index is 11.4. The molecule has 1 aromatic carbocycles. The van der Waals surface area contributed by atoms with E-state index in [1.807, 2.05) is 24.3 Å². The van der Waals surface area contributed by atoms with E-state index in [4.69, 9.17) is 4.74 Å². The van der Waals surface area contributed by atoms with Crippen LogP contribution in [0.4, 0.5) is 0 Å². The van der Waals surface area contributed by atoms with E-state index in [9.17, 15) is 4.79 Å². The number of hydrogen-bond acceptors (Lipinski definition) is 4. The Labute approximate surface area is 113 Å². The van der Waals surface area contributed by atoms with Gasteiger partial charge in [-0.15, -0.1) is 0 Å². The maximum atomic E-state index is 11.4.